The molecular weight excluding hydrogens is 202 g/mol. The van der Waals surface area contributed by atoms with E-state index in [9.17, 15) is 0 Å². The van der Waals surface area contributed by atoms with Crippen molar-refractivity contribution in [1.82, 2.24) is 9.97 Å². The summed E-state index contributed by atoms with van der Waals surface area (Å²) < 4.78 is 0. The summed E-state index contributed by atoms with van der Waals surface area (Å²) in [4.78, 5) is 10.8. The summed E-state index contributed by atoms with van der Waals surface area (Å²) in [6, 6.07) is 2.00. The minimum atomic E-state index is 0.287. The van der Waals surface area contributed by atoms with Crippen molar-refractivity contribution in [3.63, 3.8) is 0 Å². The molecule has 0 spiro atoms. The Morgan fingerprint density at radius 1 is 1.19 bits per heavy atom. The van der Waals surface area contributed by atoms with Crippen LogP contribution >= 0.6 is 0 Å². The monoisotopic (exact) mass is 223 g/mol. The van der Waals surface area contributed by atoms with Crippen molar-refractivity contribution in [2.75, 3.05) is 25.1 Å². The third-order valence-corrected chi connectivity index (χ3v) is 2.50. The number of rotatable bonds is 6. The molecule has 0 aromatic carbocycles. The van der Waals surface area contributed by atoms with Gasteiger partial charge >= 0.3 is 0 Å². The Kier molecular flexibility index (Phi) is 5.19. The normalized spacial score (nSPS) is 10.5. The molecule has 1 aromatic rings. The van der Waals surface area contributed by atoms with Crippen molar-refractivity contribution in [3.8, 4) is 0 Å². The van der Waals surface area contributed by atoms with Gasteiger partial charge in [-0.25, -0.2) is 9.97 Å². The number of unbranched alkanes of at least 4 members (excludes halogenated alkanes) is 2. The highest BCUT2D eigenvalue weighted by atomic mass is 16.2. The lowest BCUT2D eigenvalue weighted by molar-refractivity contribution is 0.283. The molecule has 0 atom stereocenters. The standard InChI is InChI=1S/C12H21N3O/c1-10-9-12(14-11(2)13-10)15(3)7-5-4-6-8-16/h9,16H,4-8H2,1-3H3. The zero-order chi connectivity index (χ0) is 12.0. The lowest BCUT2D eigenvalue weighted by Gasteiger charge is -2.18. The van der Waals surface area contributed by atoms with Crippen molar-refractivity contribution in [1.29, 1.82) is 0 Å². The van der Waals surface area contributed by atoms with Crippen LogP contribution in [0.5, 0.6) is 0 Å². The van der Waals surface area contributed by atoms with E-state index in [-0.39, 0.29) is 6.61 Å². The first-order chi connectivity index (χ1) is 7.63. The highest BCUT2D eigenvalue weighted by Crippen LogP contribution is 2.11. The Balaban J connectivity index is 2.48. The predicted octanol–water partition coefficient (Wildman–Crippen LogP) is 1.69. The van der Waals surface area contributed by atoms with Gasteiger partial charge in [-0.1, -0.05) is 0 Å². The van der Waals surface area contributed by atoms with Crippen molar-refractivity contribution < 1.29 is 5.11 Å². The van der Waals surface area contributed by atoms with E-state index >= 15 is 0 Å². The molecule has 16 heavy (non-hydrogen) atoms. The molecule has 0 fully saturated rings. The van der Waals surface area contributed by atoms with Gasteiger partial charge in [0.05, 0.1) is 0 Å². The number of aliphatic hydroxyl groups is 1. The first kappa shape index (κ1) is 12.9. The van der Waals surface area contributed by atoms with Gasteiger partial charge in [0.25, 0.3) is 0 Å². The molecule has 0 saturated heterocycles. The van der Waals surface area contributed by atoms with Crippen LogP contribution in [0.1, 0.15) is 30.8 Å². The van der Waals surface area contributed by atoms with E-state index in [1.165, 1.54) is 0 Å². The first-order valence-corrected chi connectivity index (χ1v) is 5.78. The zero-order valence-corrected chi connectivity index (χ0v) is 10.4. The minimum absolute atomic E-state index is 0.287. The van der Waals surface area contributed by atoms with Gasteiger partial charge in [0.1, 0.15) is 11.6 Å². The smallest absolute Gasteiger partial charge is 0.132 e. The molecule has 0 aliphatic heterocycles. The van der Waals surface area contributed by atoms with Gasteiger partial charge in [-0.15, -0.1) is 0 Å². The molecule has 0 amide bonds. The van der Waals surface area contributed by atoms with Crippen LogP contribution in [0.2, 0.25) is 0 Å². The fourth-order valence-electron chi connectivity index (χ4n) is 1.65. The average molecular weight is 223 g/mol. The van der Waals surface area contributed by atoms with Crippen molar-refractivity contribution in [2.45, 2.75) is 33.1 Å². The number of hydrogen-bond acceptors (Lipinski definition) is 4. The second kappa shape index (κ2) is 6.43. The molecule has 1 aromatic heterocycles. The van der Waals surface area contributed by atoms with Crippen molar-refractivity contribution in [2.24, 2.45) is 0 Å². The van der Waals surface area contributed by atoms with Crippen LogP contribution in [0.4, 0.5) is 5.82 Å². The van der Waals surface area contributed by atoms with Crippen molar-refractivity contribution >= 4 is 5.82 Å². The highest BCUT2D eigenvalue weighted by Gasteiger charge is 2.04. The molecule has 0 bridgehead atoms. The zero-order valence-electron chi connectivity index (χ0n) is 10.4. The Bertz CT molecular complexity index is 308. The molecule has 0 aliphatic rings. The maximum absolute atomic E-state index is 8.69. The molecule has 0 unspecified atom stereocenters. The third-order valence-electron chi connectivity index (χ3n) is 2.50. The third kappa shape index (κ3) is 4.14. The van der Waals surface area contributed by atoms with Gasteiger partial charge in [-0.3, -0.25) is 0 Å². The highest BCUT2D eigenvalue weighted by molar-refractivity contribution is 5.38. The predicted molar refractivity (Wildman–Crippen MR) is 65.7 cm³/mol. The molecular formula is C12H21N3O. The van der Waals surface area contributed by atoms with Crippen LogP contribution < -0.4 is 4.90 Å². The Labute approximate surface area is 97.3 Å². The Hall–Kier alpha value is -1.16. The summed E-state index contributed by atoms with van der Waals surface area (Å²) in [6.07, 6.45) is 3.03. The first-order valence-electron chi connectivity index (χ1n) is 5.78. The van der Waals surface area contributed by atoms with E-state index in [1.807, 2.05) is 27.0 Å². The topological polar surface area (TPSA) is 49.2 Å². The molecule has 0 radical (unpaired) electrons. The van der Waals surface area contributed by atoms with Gasteiger partial charge in [0.2, 0.25) is 0 Å². The molecule has 1 N–H and O–H groups in total. The van der Waals surface area contributed by atoms with E-state index in [0.717, 1.165) is 43.1 Å². The number of aromatic nitrogens is 2. The number of aryl methyl sites for hydroxylation is 2. The van der Waals surface area contributed by atoms with E-state index < -0.39 is 0 Å². The van der Waals surface area contributed by atoms with E-state index in [0.29, 0.717) is 0 Å². The van der Waals surface area contributed by atoms with Gasteiger partial charge in [-0.05, 0) is 33.1 Å². The van der Waals surface area contributed by atoms with Crippen LogP contribution in [0.25, 0.3) is 0 Å². The summed E-state index contributed by atoms with van der Waals surface area (Å²) in [5.41, 5.74) is 1.00. The van der Waals surface area contributed by atoms with Crippen LogP contribution in [0.3, 0.4) is 0 Å². The lowest BCUT2D eigenvalue weighted by Crippen LogP contribution is -2.20. The SMILES string of the molecule is Cc1cc(N(C)CCCCCO)nc(C)n1. The molecule has 1 rings (SSSR count). The van der Waals surface area contributed by atoms with Gasteiger partial charge in [-0.2, -0.15) is 0 Å². The van der Waals surface area contributed by atoms with Gasteiger partial charge in [0.15, 0.2) is 0 Å². The van der Waals surface area contributed by atoms with Crippen LogP contribution in [-0.4, -0.2) is 35.3 Å². The number of hydrogen-bond donors (Lipinski definition) is 1. The molecule has 1 heterocycles. The minimum Gasteiger partial charge on any atom is -0.396 e. The summed E-state index contributed by atoms with van der Waals surface area (Å²) in [7, 11) is 2.04. The number of anilines is 1. The van der Waals surface area contributed by atoms with Crippen LogP contribution in [-0.2, 0) is 0 Å². The van der Waals surface area contributed by atoms with E-state index in [1.54, 1.807) is 0 Å². The summed E-state index contributed by atoms with van der Waals surface area (Å²) in [5, 5.41) is 8.69. The summed E-state index contributed by atoms with van der Waals surface area (Å²) in [6.45, 7) is 5.15. The fraction of sp³-hybridized carbons (Fsp3) is 0.667. The Morgan fingerprint density at radius 2 is 1.94 bits per heavy atom. The maximum Gasteiger partial charge on any atom is 0.132 e. The Morgan fingerprint density at radius 3 is 2.56 bits per heavy atom. The molecule has 4 nitrogen and oxygen atoms in total. The van der Waals surface area contributed by atoms with Gasteiger partial charge < -0.3 is 10.0 Å². The fourth-order valence-corrected chi connectivity index (χ4v) is 1.65. The molecule has 0 aliphatic carbocycles. The largest absolute Gasteiger partial charge is 0.396 e. The lowest BCUT2D eigenvalue weighted by atomic mass is 10.2. The summed E-state index contributed by atoms with van der Waals surface area (Å²) >= 11 is 0. The van der Waals surface area contributed by atoms with E-state index in [2.05, 4.69) is 14.9 Å². The molecule has 0 saturated carbocycles. The van der Waals surface area contributed by atoms with Crippen molar-refractivity contribution in [3.05, 3.63) is 17.6 Å². The number of nitrogens with zero attached hydrogens (tertiary/aromatic N) is 3. The van der Waals surface area contributed by atoms with Crippen LogP contribution in [0.15, 0.2) is 6.07 Å². The van der Waals surface area contributed by atoms with Crippen LogP contribution in [0, 0.1) is 13.8 Å². The maximum atomic E-state index is 8.69. The molecule has 90 valence electrons. The second-order valence-electron chi connectivity index (χ2n) is 4.12. The van der Waals surface area contributed by atoms with E-state index in [4.69, 9.17) is 5.11 Å². The summed E-state index contributed by atoms with van der Waals surface area (Å²) in [5.74, 6) is 1.80. The van der Waals surface area contributed by atoms with Gasteiger partial charge in [0, 0.05) is 32.0 Å². The number of aliphatic hydroxyl groups excluding tert-OH is 1. The second-order valence-corrected chi connectivity index (χ2v) is 4.12. The molecule has 4 heteroatoms. The quantitative estimate of drug-likeness (QED) is 0.746. The average Bonchev–Trinajstić information content (AvgIpc) is 2.22.